The minimum Gasteiger partial charge on any atom is -0.347 e. The van der Waals surface area contributed by atoms with Gasteiger partial charge in [0, 0.05) is 20.0 Å². The Bertz CT molecular complexity index is 380. The van der Waals surface area contributed by atoms with E-state index in [0.717, 1.165) is 25.9 Å². The molecule has 92 valence electrons. The van der Waals surface area contributed by atoms with E-state index in [9.17, 15) is 4.79 Å². The van der Waals surface area contributed by atoms with E-state index in [4.69, 9.17) is 0 Å². The van der Waals surface area contributed by atoms with Crippen molar-refractivity contribution in [1.29, 1.82) is 0 Å². The maximum absolute atomic E-state index is 11.4. The average Bonchev–Trinajstić information content (AvgIpc) is 2.33. The molecule has 1 aliphatic rings. The molecule has 1 aromatic rings. The molecule has 0 atom stereocenters. The first kappa shape index (κ1) is 12.1. The van der Waals surface area contributed by atoms with E-state index in [1.807, 2.05) is 18.2 Å². The van der Waals surface area contributed by atoms with Gasteiger partial charge in [-0.25, -0.2) is 0 Å². The lowest BCUT2D eigenvalue weighted by Gasteiger charge is -2.41. The molecular weight excluding hydrogens is 212 g/mol. The van der Waals surface area contributed by atoms with E-state index in [2.05, 4.69) is 29.4 Å². The second kappa shape index (κ2) is 4.88. The molecule has 1 fully saturated rings. The Hall–Kier alpha value is -1.35. The zero-order valence-corrected chi connectivity index (χ0v) is 10.6. The minimum atomic E-state index is -0.167. The maximum Gasteiger partial charge on any atom is 0.217 e. The molecule has 0 bridgehead atoms. The Kier molecular flexibility index (Phi) is 3.48. The summed E-state index contributed by atoms with van der Waals surface area (Å²) in [6.45, 7) is 3.65. The Morgan fingerprint density at radius 3 is 2.35 bits per heavy atom. The number of amides is 1. The molecule has 1 N–H and O–H groups in total. The van der Waals surface area contributed by atoms with Gasteiger partial charge in [0.25, 0.3) is 0 Å². The Balaban J connectivity index is 2.27. The third-order valence-corrected chi connectivity index (χ3v) is 3.58. The summed E-state index contributed by atoms with van der Waals surface area (Å²) in [6.07, 6.45) is 1.96. The lowest BCUT2D eigenvalue weighted by atomic mass is 9.81. The highest BCUT2D eigenvalue weighted by Gasteiger charge is 2.35. The number of piperidine rings is 1. The van der Waals surface area contributed by atoms with Crippen LogP contribution in [0.15, 0.2) is 30.3 Å². The predicted octanol–water partition coefficient (Wildman–Crippen LogP) is 1.74. The number of rotatable bonds is 2. The number of likely N-dealkylation sites (tertiary alicyclic amines) is 1. The lowest BCUT2D eigenvalue weighted by molar-refractivity contribution is -0.121. The quantitative estimate of drug-likeness (QED) is 0.842. The fourth-order valence-electron chi connectivity index (χ4n) is 2.58. The summed E-state index contributed by atoms with van der Waals surface area (Å²) in [7, 11) is 2.13. The van der Waals surface area contributed by atoms with Crippen LogP contribution in [0.5, 0.6) is 0 Å². The largest absolute Gasteiger partial charge is 0.347 e. The summed E-state index contributed by atoms with van der Waals surface area (Å²) < 4.78 is 0. The molecule has 0 saturated carbocycles. The molecule has 1 saturated heterocycles. The second-order valence-electron chi connectivity index (χ2n) is 4.93. The topological polar surface area (TPSA) is 32.3 Å². The monoisotopic (exact) mass is 232 g/mol. The molecule has 0 unspecified atom stereocenters. The van der Waals surface area contributed by atoms with Gasteiger partial charge in [-0.05, 0) is 25.5 Å². The zero-order valence-electron chi connectivity index (χ0n) is 10.6. The molecule has 1 heterocycles. The standard InChI is InChI=1S/C14H20N2O/c1-12(17)15-14(8-10-16(2)11-9-14)13-6-4-3-5-7-13/h3-7H,8-11H2,1-2H3,(H,15,17). The van der Waals surface area contributed by atoms with Crippen molar-refractivity contribution in [3.05, 3.63) is 35.9 Å². The first-order valence-electron chi connectivity index (χ1n) is 6.15. The van der Waals surface area contributed by atoms with Crippen molar-refractivity contribution in [2.45, 2.75) is 25.3 Å². The third-order valence-electron chi connectivity index (χ3n) is 3.58. The van der Waals surface area contributed by atoms with Crippen molar-refractivity contribution >= 4 is 5.91 Å². The molecule has 0 aromatic heterocycles. The number of nitrogens with one attached hydrogen (secondary N) is 1. The molecule has 3 heteroatoms. The van der Waals surface area contributed by atoms with Gasteiger partial charge in [-0.1, -0.05) is 30.3 Å². The van der Waals surface area contributed by atoms with Crippen molar-refractivity contribution in [3.8, 4) is 0 Å². The van der Waals surface area contributed by atoms with Gasteiger partial charge in [0.05, 0.1) is 5.54 Å². The molecule has 3 nitrogen and oxygen atoms in total. The van der Waals surface area contributed by atoms with Crippen LogP contribution in [0.25, 0.3) is 0 Å². The fraction of sp³-hybridized carbons (Fsp3) is 0.500. The van der Waals surface area contributed by atoms with Gasteiger partial charge in [0.15, 0.2) is 0 Å². The number of hydrogen-bond donors (Lipinski definition) is 1. The van der Waals surface area contributed by atoms with E-state index in [1.165, 1.54) is 5.56 Å². The van der Waals surface area contributed by atoms with Crippen LogP contribution in [0.2, 0.25) is 0 Å². The van der Waals surface area contributed by atoms with Crippen molar-refractivity contribution in [2.24, 2.45) is 0 Å². The van der Waals surface area contributed by atoms with Crippen molar-refractivity contribution in [1.82, 2.24) is 10.2 Å². The highest BCUT2D eigenvalue weighted by molar-refractivity contribution is 5.74. The SMILES string of the molecule is CC(=O)NC1(c2ccccc2)CCN(C)CC1. The van der Waals surface area contributed by atoms with Crippen LogP contribution in [0, 0.1) is 0 Å². The van der Waals surface area contributed by atoms with Gasteiger partial charge in [-0.15, -0.1) is 0 Å². The normalized spacial score (nSPS) is 19.9. The Morgan fingerprint density at radius 2 is 1.82 bits per heavy atom. The average molecular weight is 232 g/mol. The van der Waals surface area contributed by atoms with E-state index in [0.29, 0.717) is 0 Å². The van der Waals surface area contributed by atoms with Gasteiger partial charge in [-0.3, -0.25) is 4.79 Å². The zero-order chi connectivity index (χ0) is 12.3. The van der Waals surface area contributed by atoms with Gasteiger partial charge in [0.1, 0.15) is 0 Å². The van der Waals surface area contributed by atoms with Gasteiger partial charge >= 0.3 is 0 Å². The smallest absolute Gasteiger partial charge is 0.217 e. The number of carbonyl (C=O) groups is 1. The van der Waals surface area contributed by atoms with Gasteiger partial charge < -0.3 is 10.2 Å². The van der Waals surface area contributed by atoms with Gasteiger partial charge in [0.2, 0.25) is 5.91 Å². The van der Waals surface area contributed by atoms with Crippen molar-refractivity contribution < 1.29 is 4.79 Å². The summed E-state index contributed by atoms with van der Waals surface area (Å²) in [5.41, 5.74) is 1.06. The maximum atomic E-state index is 11.4. The van der Waals surface area contributed by atoms with Crippen LogP contribution in [0.4, 0.5) is 0 Å². The van der Waals surface area contributed by atoms with Crippen molar-refractivity contribution in [2.75, 3.05) is 20.1 Å². The molecule has 0 radical (unpaired) electrons. The van der Waals surface area contributed by atoms with Crippen LogP contribution in [0.3, 0.4) is 0 Å². The fourth-order valence-corrected chi connectivity index (χ4v) is 2.58. The third kappa shape index (κ3) is 2.67. The summed E-state index contributed by atoms with van der Waals surface area (Å²) in [4.78, 5) is 13.8. The molecule has 0 spiro atoms. The first-order chi connectivity index (χ1) is 8.12. The predicted molar refractivity (Wildman–Crippen MR) is 68.7 cm³/mol. The molecule has 2 rings (SSSR count). The molecule has 17 heavy (non-hydrogen) atoms. The summed E-state index contributed by atoms with van der Waals surface area (Å²) >= 11 is 0. The molecule has 0 aliphatic carbocycles. The molecule has 1 amide bonds. The van der Waals surface area contributed by atoms with Crippen LogP contribution in [0.1, 0.15) is 25.3 Å². The minimum absolute atomic E-state index is 0.0541. The summed E-state index contributed by atoms with van der Waals surface area (Å²) in [5.74, 6) is 0.0541. The molecular formula is C14H20N2O. The first-order valence-corrected chi connectivity index (χ1v) is 6.15. The van der Waals surface area contributed by atoms with Crippen LogP contribution < -0.4 is 5.32 Å². The molecule has 1 aliphatic heterocycles. The highest BCUT2D eigenvalue weighted by Crippen LogP contribution is 2.32. The van der Waals surface area contributed by atoms with E-state index < -0.39 is 0 Å². The summed E-state index contributed by atoms with van der Waals surface area (Å²) in [5, 5.41) is 3.17. The van der Waals surface area contributed by atoms with Crippen LogP contribution >= 0.6 is 0 Å². The van der Waals surface area contributed by atoms with E-state index in [-0.39, 0.29) is 11.4 Å². The Morgan fingerprint density at radius 1 is 1.24 bits per heavy atom. The van der Waals surface area contributed by atoms with Crippen LogP contribution in [-0.4, -0.2) is 30.9 Å². The highest BCUT2D eigenvalue weighted by atomic mass is 16.1. The lowest BCUT2D eigenvalue weighted by Crippen LogP contribution is -2.51. The number of nitrogens with zero attached hydrogens (tertiary/aromatic N) is 1. The number of carbonyl (C=O) groups excluding carboxylic acids is 1. The summed E-state index contributed by atoms with van der Waals surface area (Å²) in [6, 6.07) is 10.3. The number of benzene rings is 1. The van der Waals surface area contributed by atoms with Gasteiger partial charge in [-0.2, -0.15) is 0 Å². The Labute approximate surface area is 103 Å². The van der Waals surface area contributed by atoms with E-state index >= 15 is 0 Å². The number of hydrogen-bond acceptors (Lipinski definition) is 2. The second-order valence-corrected chi connectivity index (χ2v) is 4.93. The van der Waals surface area contributed by atoms with Crippen molar-refractivity contribution in [3.63, 3.8) is 0 Å². The van der Waals surface area contributed by atoms with E-state index in [1.54, 1.807) is 6.92 Å². The van der Waals surface area contributed by atoms with Crippen LogP contribution in [-0.2, 0) is 10.3 Å². The molecule has 1 aromatic carbocycles.